The van der Waals surface area contributed by atoms with Gasteiger partial charge in [0.1, 0.15) is 7.85 Å². The highest BCUT2D eigenvalue weighted by Gasteiger charge is 2.12. The minimum absolute atomic E-state index is 1.26. The molecule has 0 N–H and O–H groups in total. The SMILES string of the molecule is Bc1c(-c2cccc(I)c2I)ccc(-c2ccccc2)c1P. The molecule has 108 valence electrons. The van der Waals surface area contributed by atoms with Crippen molar-refractivity contribution < 1.29 is 0 Å². The van der Waals surface area contributed by atoms with Crippen LogP contribution in [0.15, 0.2) is 60.7 Å². The average molecular weight is 526 g/mol. The molecule has 0 aromatic heterocycles. The molecule has 0 nitrogen and oxygen atoms in total. The van der Waals surface area contributed by atoms with Gasteiger partial charge in [-0.3, -0.25) is 0 Å². The number of benzene rings is 3. The average Bonchev–Trinajstić information content (AvgIpc) is 2.54. The predicted octanol–water partition coefficient (Wildman–Crippen LogP) is 3.99. The summed E-state index contributed by atoms with van der Waals surface area (Å²) in [6.45, 7) is 0. The first-order chi connectivity index (χ1) is 10.6. The maximum atomic E-state index is 2.93. The normalized spacial score (nSPS) is 10.7. The lowest BCUT2D eigenvalue weighted by molar-refractivity contribution is 1.56. The second-order valence-electron chi connectivity index (χ2n) is 5.17. The molecule has 1 atom stereocenters. The fraction of sp³-hybridized carbons (Fsp3) is 0. The van der Waals surface area contributed by atoms with Crippen LogP contribution < -0.4 is 10.8 Å². The van der Waals surface area contributed by atoms with Crippen LogP contribution in [0, 0.1) is 7.14 Å². The molecule has 0 bridgehead atoms. The molecule has 3 aromatic carbocycles. The van der Waals surface area contributed by atoms with Gasteiger partial charge in [-0.05, 0) is 78.8 Å². The molecule has 0 saturated heterocycles. The largest absolute Gasteiger partial charge is 0.140 e. The second-order valence-corrected chi connectivity index (χ2v) is 7.99. The molecule has 3 aromatic rings. The van der Waals surface area contributed by atoms with Crippen LogP contribution in [-0.4, -0.2) is 7.85 Å². The molecule has 0 radical (unpaired) electrons. The molecule has 0 spiro atoms. The zero-order valence-electron chi connectivity index (χ0n) is 12.1. The van der Waals surface area contributed by atoms with Crippen LogP contribution in [0.2, 0.25) is 0 Å². The summed E-state index contributed by atoms with van der Waals surface area (Å²) in [5, 5.41) is 1.28. The zero-order valence-corrected chi connectivity index (χ0v) is 17.6. The summed E-state index contributed by atoms with van der Waals surface area (Å²) < 4.78 is 2.62. The van der Waals surface area contributed by atoms with Crippen molar-refractivity contribution in [3.63, 3.8) is 0 Å². The number of hydrogen-bond donors (Lipinski definition) is 0. The van der Waals surface area contributed by atoms with E-state index in [1.54, 1.807) is 0 Å². The smallest absolute Gasteiger partial charge is 0.106 e. The van der Waals surface area contributed by atoms with Crippen molar-refractivity contribution in [2.75, 3.05) is 0 Å². The van der Waals surface area contributed by atoms with E-state index in [-0.39, 0.29) is 0 Å². The minimum atomic E-state index is 1.26. The van der Waals surface area contributed by atoms with Crippen molar-refractivity contribution in [1.82, 2.24) is 0 Å². The van der Waals surface area contributed by atoms with Crippen LogP contribution in [0.25, 0.3) is 22.3 Å². The van der Waals surface area contributed by atoms with Gasteiger partial charge in [-0.1, -0.05) is 60.1 Å². The van der Waals surface area contributed by atoms with Gasteiger partial charge in [0.25, 0.3) is 0 Å². The Balaban J connectivity index is 2.17. The fourth-order valence-electron chi connectivity index (χ4n) is 2.60. The Kier molecular flexibility index (Phi) is 5.26. The van der Waals surface area contributed by atoms with Crippen molar-refractivity contribution in [1.29, 1.82) is 0 Å². The zero-order chi connectivity index (χ0) is 15.7. The van der Waals surface area contributed by atoms with Gasteiger partial charge in [-0.15, -0.1) is 9.24 Å². The monoisotopic (exact) mass is 526 g/mol. The summed E-state index contributed by atoms with van der Waals surface area (Å²) >= 11 is 4.84. The van der Waals surface area contributed by atoms with Gasteiger partial charge >= 0.3 is 0 Å². The molecule has 0 heterocycles. The highest BCUT2D eigenvalue weighted by atomic mass is 127. The van der Waals surface area contributed by atoms with Crippen LogP contribution in [0.4, 0.5) is 0 Å². The molecule has 22 heavy (non-hydrogen) atoms. The van der Waals surface area contributed by atoms with Crippen molar-refractivity contribution >= 4 is 73.0 Å². The quantitative estimate of drug-likeness (QED) is 0.270. The van der Waals surface area contributed by atoms with Crippen molar-refractivity contribution in [2.45, 2.75) is 0 Å². The molecule has 1 unspecified atom stereocenters. The van der Waals surface area contributed by atoms with Crippen molar-refractivity contribution in [3.05, 3.63) is 67.8 Å². The van der Waals surface area contributed by atoms with E-state index in [0.29, 0.717) is 0 Å². The summed E-state index contributed by atoms with van der Waals surface area (Å²) in [6, 6.07) is 21.5. The number of rotatable bonds is 2. The Hall–Kier alpha value is -0.385. The van der Waals surface area contributed by atoms with Crippen molar-refractivity contribution in [3.8, 4) is 22.3 Å². The van der Waals surface area contributed by atoms with Crippen LogP contribution in [0.3, 0.4) is 0 Å². The van der Waals surface area contributed by atoms with Crippen LogP contribution >= 0.6 is 54.4 Å². The third-order valence-corrected chi connectivity index (χ3v) is 7.68. The highest BCUT2D eigenvalue weighted by Crippen LogP contribution is 2.29. The molecule has 0 saturated carbocycles. The molecular formula is C18H14BI2P. The third kappa shape index (κ3) is 3.13. The first-order valence-corrected chi connectivity index (χ1v) is 9.72. The Morgan fingerprint density at radius 2 is 1.41 bits per heavy atom. The van der Waals surface area contributed by atoms with Crippen LogP contribution in [-0.2, 0) is 0 Å². The lowest BCUT2D eigenvalue weighted by Gasteiger charge is -2.15. The van der Waals surface area contributed by atoms with Gasteiger partial charge in [-0.2, -0.15) is 0 Å². The Bertz CT molecular complexity index is 832. The lowest BCUT2D eigenvalue weighted by atomic mass is 9.84. The topological polar surface area (TPSA) is 0 Å². The van der Waals surface area contributed by atoms with Gasteiger partial charge in [0, 0.05) is 7.14 Å². The second kappa shape index (κ2) is 7.02. The van der Waals surface area contributed by atoms with Crippen LogP contribution in [0.5, 0.6) is 0 Å². The molecular weight excluding hydrogens is 512 g/mol. The lowest BCUT2D eigenvalue weighted by Crippen LogP contribution is -2.24. The fourth-order valence-corrected chi connectivity index (χ4v) is 4.17. The van der Waals surface area contributed by atoms with E-state index in [0.717, 1.165) is 0 Å². The van der Waals surface area contributed by atoms with Gasteiger partial charge in [-0.25, -0.2) is 0 Å². The van der Waals surface area contributed by atoms with E-state index < -0.39 is 0 Å². The molecule has 0 aliphatic heterocycles. The highest BCUT2D eigenvalue weighted by molar-refractivity contribution is 14.1. The Labute approximate surface area is 162 Å². The maximum Gasteiger partial charge on any atom is 0.140 e. The first kappa shape index (κ1) is 16.5. The van der Waals surface area contributed by atoms with E-state index in [9.17, 15) is 0 Å². The molecule has 3 rings (SSSR count). The molecule has 0 aliphatic carbocycles. The van der Waals surface area contributed by atoms with Gasteiger partial charge in [0.15, 0.2) is 0 Å². The van der Waals surface area contributed by atoms with E-state index in [2.05, 4.69) is 123 Å². The molecule has 0 amide bonds. The molecule has 4 heteroatoms. The standard InChI is InChI=1S/C18H14BI2P/c19-16-13(14-7-4-8-15(20)17(14)21)10-9-12(18(16)22)11-5-2-1-3-6-11/h1-10H,19,22H2. The van der Waals surface area contributed by atoms with Gasteiger partial charge in [0.2, 0.25) is 0 Å². The van der Waals surface area contributed by atoms with E-state index >= 15 is 0 Å². The number of halogens is 2. The molecule has 0 fully saturated rings. The summed E-state index contributed by atoms with van der Waals surface area (Å²) in [4.78, 5) is 0. The van der Waals surface area contributed by atoms with Gasteiger partial charge < -0.3 is 0 Å². The number of hydrogen-bond acceptors (Lipinski definition) is 0. The summed E-state index contributed by atoms with van der Waals surface area (Å²) in [6.07, 6.45) is 0. The summed E-state index contributed by atoms with van der Waals surface area (Å²) in [5.41, 5.74) is 6.50. The van der Waals surface area contributed by atoms with Gasteiger partial charge in [0.05, 0.1) is 0 Å². The Morgan fingerprint density at radius 1 is 0.727 bits per heavy atom. The third-order valence-electron chi connectivity index (χ3n) is 3.84. The van der Waals surface area contributed by atoms with Crippen LogP contribution in [0.1, 0.15) is 0 Å². The van der Waals surface area contributed by atoms with E-state index in [4.69, 9.17) is 0 Å². The minimum Gasteiger partial charge on any atom is -0.106 e. The predicted molar refractivity (Wildman–Crippen MR) is 120 cm³/mol. The summed E-state index contributed by atoms with van der Waals surface area (Å²) in [5.74, 6) is 0. The van der Waals surface area contributed by atoms with Crippen molar-refractivity contribution in [2.24, 2.45) is 0 Å². The Morgan fingerprint density at radius 3 is 2.14 bits per heavy atom. The maximum absolute atomic E-state index is 2.93. The van der Waals surface area contributed by atoms with E-state index in [1.165, 1.54) is 40.2 Å². The first-order valence-electron chi connectivity index (χ1n) is 6.98. The van der Waals surface area contributed by atoms with E-state index in [1.807, 2.05) is 0 Å². The summed E-state index contributed by atoms with van der Waals surface area (Å²) in [7, 11) is 5.13. The molecule has 0 aliphatic rings.